The number of esters is 4. The maximum Gasteiger partial charge on any atom is 0.472 e. The average molecular weight is 1270 g/mol. The first-order valence-corrected chi connectivity index (χ1v) is 37.7. The second kappa shape index (κ2) is 57.0. The molecule has 86 heavy (non-hydrogen) atoms. The smallest absolute Gasteiger partial charge is 0.462 e. The van der Waals surface area contributed by atoms with Crippen LogP contribution in [0.3, 0.4) is 0 Å². The summed E-state index contributed by atoms with van der Waals surface area (Å²) < 4.78 is 68.1. The van der Waals surface area contributed by atoms with E-state index in [1.165, 1.54) is 122 Å². The van der Waals surface area contributed by atoms with Crippen LogP contribution in [0.5, 0.6) is 0 Å². The molecule has 0 saturated heterocycles. The lowest BCUT2D eigenvalue weighted by molar-refractivity contribution is -0.161. The standard InChI is InChI=1S/C67H130O17P2/c1-9-60(8)46-38-30-24-26-34-42-50-67(72)84-63(53-77-64(69)47-39-31-21-18-17-20-28-36-44-58(4)5)56-82-86(75,76)80-52-61(68)51-79-85(73,74)81-55-62(54-78-65(70)48-40-32-25-23-29-37-45-59(6)7)83-66(71)49-41-33-22-16-14-12-10-11-13-15-19-27-35-43-57(2)3/h57-63,68H,9-56H2,1-8H3,(H,73,74)(H,75,76)/t60?,61?,62-,63-/m1/s1. The lowest BCUT2D eigenvalue weighted by Crippen LogP contribution is -2.30. The molecule has 0 amide bonds. The van der Waals surface area contributed by atoms with Crippen molar-refractivity contribution >= 4 is 39.5 Å². The maximum atomic E-state index is 13.0. The van der Waals surface area contributed by atoms with Gasteiger partial charge in [-0.2, -0.15) is 0 Å². The highest BCUT2D eigenvalue weighted by molar-refractivity contribution is 7.47. The van der Waals surface area contributed by atoms with Crippen molar-refractivity contribution in [1.29, 1.82) is 0 Å². The van der Waals surface area contributed by atoms with Gasteiger partial charge in [-0.25, -0.2) is 9.13 Å². The molecule has 0 saturated carbocycles. The highest BCUT2D eigenvalue weighted by Gasteiger charge is 2.30. The number of ether oxygens (including phenoxy) is 4. The van der Waals surface area contributed by atoms with E-state index in [0.717, 1.165) is 114 Å². The van der Waals surface area contributed by atoms with Crippen LogP contribution in [0.2, 0.25) is 0 Å². The van der Waals surface area contributed by atoms with E-state index in [4.69, 9.17) is 37.0 Å². The zero-order chi connectivity index (χ0) is 63.9. The highest BCUT2D eigenvalue weighted by Crippen LogP contribution is 2.45. The summed E-state index contributed by atoms with van der Waals surface area (Å²) >= 11 is 0. The maximum absolute atomic E-state index is 13.0. The minimum atomic E-state index is -4.95. The van der Waals surface area contributed by atoms with E-state index in [0.29, 0.717) is 31.6 Å². The van der Waals surface area contributed by atoms with E-state index in [9.17, 15) is 43.2 Å². The molecule has 0 fully saturated rings. The fourth-order valence-electron chi connectivity index (χ4n) is 9.93. The van der Waals surface area contributed by atoms with E-state index in [1.54, 1.807) is 0 Å². The summed E-state index contributed by atoms with van der Waals surface area (Å²) in [6, 6.07) is 0. The Kier molecular flexibility index (Phi) is 55.7. The normalized spacial score (nSPS) is 14.7. The van der Waals surface area contributed by atoms with E-state index >= 15 is 0 Å². The molecule has 0 heterocycles. The molecular weight excluding hydrogens is 1140 g/mol. The number of aliphatic hydroxyl groups excluding tert-OH is 1. The number of aliphatic hydroxyl groups is 1. The van der Waals surface area contributed by atoms with E-state index in [2.05, 4.69) is 55.4 Å². The van der Waals surface area contributed by atoms with Gasteiger partial charge in [0.2, 0.25) is 0 Å². The Morgan fingerprint density at radius 2 is 0.558 bits per heavy atom. The van der Waals surface area contributed by atoms with Crippen LogP contribution in [0.15, 0.2) is 0 Å². The lowest BCUT2D eigenvalue weighted by atomic mass is 10.00. The number of carbonyl (C=O) groups is 4. The summed E-state index contributed by atoms with van der Waals surface area (Å²) in [5.41, 5.74) is 0. The molecule has 510 valence electrons. The predicted octanol–water partition coefficient (Wildman–Crippen LogP) is 18.5. The minimum absolute atomic E-state index is 0.102. The second-order valence-electron chi connectivity index (χ2n) is 25.9. The first-order chi connectivity index (χ1) is 41.1. The highest BCUT2D eigenvalue weighted by atomic mass is 31.2. The number of rotatable bonds is 64. The third-order valence-electron chi connectivity index (χ3n) is 15.7. The van der Waals surface area contributed by atoms with Crippen molar-refractivity contribution in [2.75, 3.05) is 39.6 Å². The second-order valence-corrected chi connectivity index (χ2v) is 28.8. The van der Waals surface area contributed by atoms with Gasteiger partial charge in [0.25, 0.3) is 0 Å². The molecule has 0 radical (unpaired) electrons. The summed E-state index contributed by atoms with van der Waals surface area (Å²) in [5.74, 6) is 0.774. The van der Waals surface area contributed by atoms with Crippen molar-refractivity contribution in [3.63, 3.8) is 0 Å². The molecule has 0 spiro atoms. The Labute approximate surface area is 524 Å². The zero-order valence-corrected chi connectivity index (χ0v) is 57.7. The number of hydrogen-bond donors (Lipinski definition) is 3. The molecular formula is C67H130O17P2. The van der Waals surface area contributed by atoms with Crippen molar-refractivity contribution in [1.82, 2.24) is 0 Å². The molecule has 19 heteroatoms. The van der Waals surface area contributed by atoms with Crippen LogP contribution in [-0.4, -0.2) is 96.7 Å². The number of hydrogen-bond acceptors (Lipinski definition) is 15. The molecule has 0 bridgehead atoms. The van der Waals surface area contributed by atoms with Crippen LogP contribution in [0.25, 0.3) is 0 Å². The van der Waals surface area contributed by atoms with Crippen molar-refractivity contribution in [3.8, 4) is 0 Å². The molecule has 17 nitrogen and oxygen atoms in total. The molecule has 0 rings (SSSR count). The first kappa shape index (κ1) is 84.1. The van der Waals surface area contributed by atoms with Gasteiger partial charge >= 0.3 is 39.5 Å². The first-order valence-electron chi connectivity index (χ1n) is 34.7. The Bertz CT molecular complexity index is 1720. The molecule has 6 atom stereocenters. The van der Waals surface area contributed by atoms with Gasteiger partial charge in [0.1, 0.15) is 19.3 Å². The molecule has 0 aliphatic rings. The van der Waals surface area contributed by atoms with Crippen molar-refractivity contribution in [2.45, 2.75) is 343 Å². The number of phosphoric ester groups is 2. The third-order valence-corrected chi connectivity index (χ3v) is 17.6. The minimum Gasteiger partial charge on any atom is -0.462 e. The van der Waals surface area contributed by atoms with Gasteiger partial charge in [0.15, 0.2) is 12.2 Å². The van der Waals surface area contributed by atoms with Crippen molar-refractivity contribution < 1.29 is 80.2 Å². The van der Waals surface area contributed by atoms with Gasteiger partial charge in [0, 0.05) is 25.7 Å². The summed E-state index contributed by atoms with van der Waals surface area (Å²) in [7, 11) is -9.90. The van der Waals surface area contributed by atoms with Crippen molar-refractivity contribution in [2.24, 2.45) is 23.7 Å². The molecule has 0 aliphatic heterocycles. The summed E-state index contributed by atoms with van der Waals surface area (Å²) in [5, 5.41) is 10.6. The van der Waals surface area contributed by atoms with Crippen LogP contribution < -0.4 is 0 Å². The fourth-order valence-corrected chi connectivity index (χ4v) is 11.5. The summed E-state index contributed by atoms with van der Waals surface area (Å²) in [6.45, 7) is 14.0. The molecule has 0 aromatic carbocycles. The number of unbranched alkanes of at least 4 members (excludes halogenated alkanes) is 29. The van der Waals surface area contributed by atoms with Crippen LogP contribution in [0, 0.1) is 23.7 Å². The van der Waals surface area contributed by atoms with Crippen LogP contribution in [0.1, 0.15) is 325 Å². The van der Waals surface area contributed by atoms with Crippen LogP contribution >= 0.6 is 15.6 Å². The Balaban J connectivity index is 5.23. The molecule has 4 unspecified atom stereocenters. The van der Waals surface area contributed by atoms with Crippen LogP contribution in [0.4, 0.5) is 0 Å². The number of carbonyl (C=O) groups excluding carboxylic acids is 4. The largest absolute Gasteiger partial charge is 0.472 e. The third kappa shape index (κ3) is 59.7. The Morgan fingerprint density at radius 3 is 0.826 bits per heavy atom. The van der Waals surface area contributed by atoms with Gasteiger partial charge in [-0.15, -0.1) is 0 Å². The molecule has 0 aliphatic carbocycles. The monoisotopic (exact) mass is 1270 g/mol. The van der Waals surface area contributed by atoms with E-state index < -0.39 is 97.5 Å². The average Bonchev–Trinajstić information content (AvgIpc) is 3.47. The predicted molar refractivity (Wildman–Crippen MR) is 344 cm³/mol. The fraction of sp³-hybridized carbons (Fsp3) is 0.940. The molecule has 0 aromatic rings. The van der Waals surface area contributed by atoms with E-state index in [-0.39, 0.29) is 25.7 Å². The molecule has 0 aromatic heterocycles. The number of phosphoric acid groups is 2. The van der Waals surface area contributed by atoms with E-state index in [1.807, 2.05) is 0 Å². The summed E-state index contributed by atoms with van der Waals surface area (Å²) in [4.78, 5) is 72.3. The van der Waals surface area contributed by atoms with Crippen molar-refractivity contribution in [3.05, 3.63) is 0 Å². The summed E-state index contributed by atoms with van der Waals surface area (Å²) in [6.07, 6.45) is 37.8. The molecule has 3 N–H and O–H groups in total. The van der Waals surface area contributed by atoms with Gasteiger partial charge in [-0.05, 0) is 49.4 Å². The quantitative estimate of drug-likeness (QED) is 0.0222. The SMILES string of the molecule is CCC(C)CCCCCCCCC(=O)O[C@H](COC(=O)CCCCCCCCCCC(C)C)COP(=O)(O)OCC(O)COP(=O)(O)OC[C@@H](COC(=O)CCCCCCCCC(C)C)OC(=O)CCCCCCCCCCCCCCCC(C)C. The van der Waals surface area contributed by atoms with Gasteiger partial charge in [-0.1, -0.05) is 274 Å². The van der Waals surface area contributed by atoms with Gasteiger partial charge in [-0.3, -0.25) is 37.3 Å². The zero-order valence-electron chi connectivity index (χ0n) is 55.9. The Hall–Kier alpha value is -1.94. The van der Waals surface area contributed by atoms with Gasteiger partial charge in [0.05, 0.1) is 26.4 Å². The topological polar surface area (TPSA) is 237 Å². The Morgan fingerprint density at radius 1 is 0.326 bits per heavy atom. The lowest BCUT2D eigenvalue weighted by Gasteiger charge is -2.21. The van der Waals surface area contributed by atoms with Gasteiger partial charge < -0.3 is 33.8 Å². The van der Waals surface area contributed by atoms with Crippen LogP contribution in [-0.2, 0) is 65.4 Å².